The summed E-state index contributed by atoms with van der Waals surface area (Å²) in [4.78, 5) is 24.1. The van der Waals surface area contributed by atoms with Crippen molar-refractivity contribution in [1.29, 1.82) is 0 Å². The molecule has 88 valence electrons. The van der Waals surface area contributed by atoms with Gasteiger partial charge in [-0.1, -0.05) is 19.8 Å². The zero-order valence-corrected chi connectivity index (χ0v) is 9.91. The smallest absolute Gasteiger partial charge is 0.397 e. The lowest BCUT2D eigenvalue weighted by molar-refractivity contribution is -0.160. The minimum Gasteiger partial charge on any atom is -0.459 e. The number of hydrogen-bond donors (Lipinski definition) is 0. The van der Waals surface area contributed by atoms with Gasteiger partial charge in [0.25, 0.3) is 0 Å². The van der Waals surface area contributed by atoms with E-state index in [4.69, 9.17) is 4.74 Å². The van der Waals surface area contributed by atoms with Crippen LogP contribution in [-0.4, -0.2) is 36.5 Å². The van der Waals surface area contributed by atoms with Crippen LogP contribution >= 0.6 is 0 Å². The van der Waals surface area contributed by atoms with Crippen molar-refractivity contribution in [3.8, 4) is 0 Å². The van der Waals surface area contributed by atoms with Crippen LogP contribution in [0, 0.1) is 0 Å². The molecule has 0 saturated carbocycles. The first-order chi connectivity index (χ1) is 7.17. The zero-order valence-electron chi connectivity index (χ0n) is 9.91. The fourth-order valence-electron chi connectivity index (χ4n) is 1.22. The summed E-state index contributed by atoms with van der Waals surface area (Å²) in [7, 11) is 0. The maximum Gasteiger partial charge on any atom is 0.397 e. The molecule has 0 unspecified atom stereocenters. The fourth-order valence-corrected chi connectivity index (χ4v) is 1.22. The van der Waals surface area contributed by atoms with Gasteiger partial charge < -0.3 is 9.64 Å². The lowest BCUT2D eigenvalue weighted by atomic mass is 10.3. The molecule has 0 aliphatic carbocycles. The molecular weight excluding hydrogens is 194 g/mol. The number of unbranched alkanes of at least 4 members (excludes halogenated alkanes) is 2. The van der Waals surface area contributed by atoms with Crippen LogP contribution in [-0.2, 0) is 14.3 Å². The molecule has 0 radical (unpaired) electrons. The standard InChI is InChI=1S/C11H21NO3/c1-4-7-8-9-15-11(14)10(13)12(5-2)6-3/h4-9H2,1-3H3. The Bertz CT molecular complexity index is 200. The van der Waals surface area contributed by atoms with E-state index in [1.54, 1.807) is 0 Å². The first kappa shape index (κ1) is 13.9. The maximum atomic E-state index is 11.4. The van der Waals surface area contributed by atoms with E-state index in [1.165, 1.54) is 4.90 Å². The largest absolute Gasteiger partial charge is 0.459 e. The number of nitrogens with zero attached hydrogens (tertiary/aromatic N) is 1. The van der Waals surface area contributed by atoms with E-state index >= 15 is 0 Å². The molecular formula is C11H21NO3. The summed E-state index contributed by atoms with van der Waals surface area (Å²) in [6.45, 7) is 7.18. The minimum absolute atomic E-state index is 0.347. The Balaban J connectivity index is 3.83. The lowest BCUT2D eigenvalue weighted by Gasteiger charge is -2.16. The molecule has 0 heterocycles. The summed E-state index contributed by atoms with van der Waals surface area (Å²) in [5.41, 5.74) is 0. The quantitative estimate of drug-likeness (QED) is 0.384. The van der Waals surface area contributed by atoms with Gasteiger partial charge >= 0.3 is 11.9 Å². The summed E-state index contributed by atoms with van der Waals surface area (Å²) >= 11 is 0. The van der Waals surface area contributed by atoms with Crippen LogP contribution in [0.25, 0.3) is 0 Å². The summed E-state index contributed by atoms with van der Waals surface area (Å²) in [5.74, 6) is -1.26. The normalized spacial score (nSPS) is 9.80. The van der Waals surface area contributed by atoms with Crippen LogP contribution in [0.15, 0.2) is 0 Å². The molecule has 1 amide bonds. The van der Waals surface area contributed by atoms with Crippen molar-refractivity contribution in [2.75, 3.05) is 19.7 Å². The van der Waals surface area contributed by atoms with E-state index < -0.39 is 11.9 Å². The highest BCUT2D eigenvalue weighted by atomic mass is 16.5. The molecule has 0 atom stereocenters. The number of rotatable bonds is 6. The molecule has 0 aliphatic heterocycles. The van der Waals surface area contributed by atoms with E-state index in [1.807, 2.05) is 13.8 Å². The van der Waals surface area contributed by atoms with E-state index in [0.717, 1.165) is 19.3 Å². The number of carbonyl (C=O) groups excluding carboxylic acids is 2. The van der Waals surface area contributed by atoms with Crippen molar-refractivity contribution in [3.05, 3.63) is 0 Å². The number of amides is 1. The van der Waals surface area contributed by atoms with Crippen molar-refractivity contribution < 1.29 is 14.3 Å². The predicted octanol–water partition coefficient (Wildman–Crippen LogP) is 1.59. The predicted molar refractivity (Wildman–Crippen MR) is 58.4 cm³/mol. The fraction of sp³-hybridized carbons (Fsp3) is 0.818. The third-order valence-electron chi connectivity index (χ3n) is 2.21. The van der Waals surface area contributed by atoms with Crippen molar-refractivity contribution >= 4 is 11.9 Å². The summed E-state index contributed by atoms with van der Waals surface area (Å²) in [6, 6.07) is 0. The van der Waals surface area contributed by atoms with Gasteiger partial charge in [0.15, 0.2) is 0 Å². The van der Waals surface area contributed by atoms with Gasteiger partial charge in [-0.2, -0.15) is 0 Å². The van der Waals surface area contributed by atoms with Gasteiger partial charge in [0, 0.05) is 13.1 Å². The second kappa shape index (κ2) is 8.26. The topological polar surface area (TPSA) is 46.6 Å². The average molecular weight is 215 g/mol. The van der Waals surface area contributed by atoms with Crippen LogP contribution in [0.1, 0.15) is 40.0 Å². The van der Waals surface area contributed by atoms with Crippen LogP contribution < -0.4 is 0 Å². The molecule has 0 bridgehead atoms. The van der Waals surface area contributed by atoms with Gasteiger partial charge in [-0.3, -0.25) is 4.79 Å². The SMILES string of the molecule is CCCCCOC(=O)C(=O)N(CC)CC. The Hall–Kier alpha value is -1.06. The highest BCUT2D eigenvalue weighted by Crippen LogP contribution is 1.97. The van der Waals surface area contributed by atoms with Crippen LogP contribution in [0.2, 0.25) is 0 Å². The van der Waals surface area contributed by atoms with Crippen molar-refractivity contribution in [2.45, 2.75) is 40.0 Å². The Morgan fingerprint density at radius 3 is 2.13 bits per heavy atom. The molecule has 0 aromatic rings. The molecule has 4 nitrogen and oxygen atoms in total. The number of ether oxygens (including phenoxy) is 1. The summed E-state index contributed by atoms with van der Waals surface area (Å²) in [5, 5.41) is 0. The zero-order chi connectivity index (χ0) is 11.7. The molecule has 0 spiro atoms. The molecule has 0 aromatic carbocycles. The van der Waals surface area contributed by atoms with Gasteiger partial charge in [0.1, 0.15) is 0 Å². The van der Waals surface area contributed by atoms with Gasteiger partial charge in [-0.05, 0) is 20.3 Å². The second-order valence-corrected chi connectivity index (χ2v) is 3.32. The third kappa shape index (κ3) is 5.40. The number of esters is 1. The van der Waals surface area contributed by atoms with Gasteiger partial charge in [-0.15, -0.1) is 0 Å². The van der Waals surface area contributed by atoms with Gasteiger partial charge in [-0.25, -0.2) is 4.79 Å². The van der Waals surface area contributed by atoms with Crippen LogP contribution in [0.5, 0.6) is 0 Å². The molecule has 0 rings (SSSR count). The summed E-state index contributed by atoms with van der Waals surface area (Å²) in [6.07, 6.45) is 2.92. The van der Waals surface area contributed by atoms with Crippen molar-refractivity contribution in [2.24, 2.45) is 0 Å². The monoisotopic (exact) mass is 215 g/mol. The minimum atomic E-state index is -0.727. The van der Waals surface area contributed by atoms with E-state index in [2.05, 4.69) is 6.92 Å². The number of carbonyl (C=O) groups is 2. The first-order valence-corrected chi connectivity index (χ1v) is 5.63. The van der Waals surface area contributed by atoms with Crippen molar-refractivity contribution in [1.82, 2.24) is 4.90 Å². The number of hydrogen-bond acceptors (Lipinski definition) is 3. The highest BCUT2D eigenvalue weighted by Gasteiger charge is 2.20. The van der Waals surface area contributed by atoms with E-state index in [0.29, 0.717) is 19.7 Å². The Kier molecular flexibility index (Phi) is 7.68. The Morgan fingerprint density at radius 1 is 1.07 bits per heavy atom. The van der Waals surface area contributed by atoms with E-state index in [-0.39, 0.29) is 0 Å². The molecule has 0 aromatic heterocycles. The Morgan fingerprint density at radius 2 is 1.67 bits per heavy atom. The first-order valence-electron chi connectivity index (χ1n) is 5.63. The highest BCUT2D eigenvalue weighted by molar-refractivity contribution is 6.32. The average Bonchev–Trinajstić information content (AvgIpc) is 2.25. The third-order valence-corrected chi connectivity index (χ3v) is 2.21. The van der Waals surface area contributed by atoms with E-state index in [9.17, 15) is 9.59 Å². The molecule has 0 aliphatic rings. The maximum absolute atomic E-state index is 11.4. The molecule has 0 fully saturated rings. The number of likely N-dealkylation sites (N-methyl/N-ethyl adjacent to an activating group) is 1. The lowest BCUT2D eigenvalue weighted by Crippen LogP contribution is -2.37. The molecule has 0 saturated heterocycles. The molecule has 15 heavy (non-hydrogen) atoms. The van der Waals surface area contributed by atoms with Gasteiger partial charge in [0.05, 0.1) is 6.61 Å². The van der Waals surface area contributed by atoms with Gasteiger partial charge in [0.2, 0.25) is 0 Å². The molecule has 0 N–H and O–H groups in total. The summed E-state index contributed by atoms with van der Waals surface area (Å²) < 4.78 is 4.86. The van der Waals surface area contributed by atoms with Crippen molar-refractivity contribution in [3.63, 3.8) is 0 Å². The second-order valence-electron chi connectivity index (χ2n) is 3.32. The molecule has 4 heteroatoms. The van der Waals surface area contributed by atoms with Crippen LogP contribution in [0.3, 0.4) is 0 Å². The van der Waals surface area contributed by atoms with Crippen LogP contribution in [0.4, 0.5) is 0 Å². The Labute approximate surface area is 91.6 Å².